The number of halogens is 1. The third-order valence-corrected chi connectivity index (χ3v) is 3.06. The summed E-state index contributed by atoms with van der Waals surface area (Å²) in [5.74, 6) is -2.43. The minimum atomic E-state index is -1.41. The second kappa shape index (κ2) is 5.16. The Balaban J connectivity index is 2.50. The maximum Gasteiger partial charge on any atom is 0.341 e. The molecule has 0 radical (unpaired) electrons. The maximum atomic E-state index is 12.9. The molecule has 2 aromatic rings. The molecule has 5 nitrogen and oxygen atoms in total. The van der Waals surface area contributed by atoms with Gasteiger partial charge in [-0.15, -0.1) is 0 Å². The van der Waals surface area contributed by atoms with Crippen molar-refractivity contribution >= 4 is 5.97 Å². The van der Waals surface area contributed by atoms with Crippen molar-refractivity contribution in [1.29, 1.82) is 0 Å². The number of carboxylic acid groups (broad SMARTS) is 1. The first-order valence-corrected chi connectivity index (χ1v) is 5.83. The highest BCUT2D eigenvalue weighted by atomic mass is 19.1. The zero-order chi connectivity index (χ0) is 14.9. The van der Waals surface area contributed by atoms with Gasteiger partial charge < -0.3 is 14.8 Å². The zero-order valence-corrected chi connectivity index (χ0v) is 10.6. The maximum absolute atomic E-state index is 12.9. The Hall–Kier alpha value is -2.63. The summed E-state index contributed by atoms with van der Waals surface area (Å²) in [6, 6.07) is 5.31. The molecule has 1 aromatic heterocycles. The highest BCUT2D eigenvalue weighted by molar-refractivity contribution is 5.87. The molecule has 1 atom stereocenters. The third kappa shape index (κ3) is 2.54. The van der Waals surface area contributed by atoms with Crippen molar-refractivity contribution in [2.75, 3.05) is 0 Å². The molecule has 0 fully saturated rings. The molecule has 0 aliphatic carbocycles. The zero-order valence-electron chi connectivity index (χ0n) is 10.6. The van der Waals surface area contributed by atoms with Crippen molar-refractivity contribution < 1.29 is 19.4 Å². The van der Waals surface area contributed by atoms with E-state index in [1.165, 1.54) is 16.7 Å². The molecule has 1 unspecified atom stereocenters. The lowest BCUT2D eigenvalue weighted by atomic mass is 10.1. The van der Waals surface area contributed by atoms with Crippen molar-refractivity contribution in [1.82, 2.24) is 4.57 Å². The molecule has 104 valence electrons. The highest BCUT2D eigenvalue weighted by Crippen LogP contribution is 2.19. The van der Waals surface area contributed by atoms with E-state index in [0.717, 1.165) is 12.4 Å². The van der Waals surface area contributed by atoms with Crippen LogP contribution >= 0.6 is 0 Å². The molecule has 0 spiro atoms. The van der Waals surface area contributed by atoms with Gasteiger partial charge in [-0.1, -0.05) is 12.1 Å². The van der Waals surface area contributed by atoms with Gasteiger partial charge in [0, 0.05) is 6.20 Å². The van der Waals surface area contributed by atoms with Crippen molar-refractivity contribution in [3.8, 4) is 5.75 Å². The second-order valence-electron chi connectivity index (χ2n) is 4.37. The lowest BCUT2D eigenvalue weighted by Crippen LogP contribution is -2.19. The van der Waals surface area contributed by atoms with Gasteiger partial charge in [0.25, 0.3) is 0 Å². The van der Waals surface area contributed by atoms with Gasteiger partial charge in [-0.2, -0.15) is 0 Å². The van der Waals surface area contributed by atoms with Gasteiger partial charge in [-0.05, 0) is 24.6 Å². The average Bonchev–Trinajstić information content (AvgIpc) is 2.41. The van der Waals surface area contributed by atoms with Crippen LogP contribution in [0.25, 0.3) is 0 Å². The van der Waals surface area contributed by atoms with E-state index in [1.54, 1.807) is 19.1 Å². The van der Waals surface area contributed by atoms with E-state index in [2.05, 4.69) is 0 Å². The monoisotopic (exact) mass is 277 g/mol. The van der Waals surface area contributed by atoms with E-state index in [-0.39, 0.29) is 11.9 Å². The molecule has 20 heavy (non-hydrogen) atoms. The van der Waals surface area contributed by atoms with Crippen LogP contribution in [0.1, 0.15) is 28.9 Å². The number of aromatic carboxylic acids is 1. The minimum absolute atomic E-state index is 0.361. The predicted octanol–water partition coefficient (Wildman–Crippen LogP) is 2.00. The summed E-state index contributed by atoms with van der Waals surface area (Å²) in [6.45, 7) is 1.74. The van der Waals surface area contributed by atoms with Crippen LogP contribution in [0.5, 0.6) is 5.75 Å². The van der Waals surface area contributed by atoms with Crippen LogP contribution in [0.3, 0.4) is 0 Å². The van der Waals surface area contributed by atoms with E-state index >= 15 is 0 Å². The lowest BCUT2D eigenvalue weighted by Gasteiger charge is -2.17. The number of hydrogen-bond donors (Lipinski definition) is 2. The smallest absolute Gasteiger partial charge is 0.341 e. The molecule has 2 rings (SSSR count). The number of nitrogens with zero attached hydrogens (tertiary/aromatic N) is 1. The number of carbonyl (C=O) groups is 1. The van der Waals surface area contributed by atoms with Crippen LogP contribution in [0.4, 0.5) is 4.39 Å². The number of benzene rings is 1. The van der Waals surface area contributed by atoms with E-state index in [9.17, 15) is 19.1 Å². The van der Waals surface area contributed by atoms with Gasteiger partial charge in [-0.25, -0.2) is 9.18 Å². The topological polar surface area (TPSA) is 79.5 Å². The number of aromatic hydroxyl groups is 1. The molecule has 0 saturated heterocycles. The average molecular weight is 277 g/mol. The minimum Gasteiger partial charge on any atom is -0.503 e. The molecule has 1 heterocycles. The lowest BCUT2D eigenvalue weighted by molar-refractivity contribution is 0.0693. The summed E-state index contributed by atoms with van der Waals surface area (Å²) >= 11 is 0. The fourth-order valence-corrected chi connectivity index (χ4v) is 1.87. The van der Waals surface area contributed by atoms with Crippen LogP contribution in [0.15, 0.2) is 41.5 Å². The molecular formula is C14H12FNO4. The van der Waals surface area contributed by atoms with Crippen LogP contribution < -0.4 is 5.43 Å². The quantitative estimate of drug-likeness (QED) is 0.899. The van der Waals surface area contributed by atoms with Gasteiger partial charge in [-0.3, -0.25) is 4.79 Å². The Labute approximate surface area is 113 Å². The second-order valence-corrected chi connectivity index (χ2v) is 4.37. The van der Waals surface area contributed by atoms with Crippen molar-refractivity contribution in [2.24, 2.45) is 0 Å². The summed E-state index contributed by atoms with van der Waals surface area (Å²) in [5.41, 5.74) is -0.732. The van der Waals surface area contributed by atoms with E-state index in [0.29, 0.717) is 5.56 Å². The Morgan fingerprint density at radius 3 is 2.40 bits per heavy atom. The summed E-state index contributed by atoms with van der Waals surface area (Å²) < 4.78 is 14.3. The predicted molar refractivity (Wildman–Crippen MR) is 69.5 cm³/mol. The summed E-state index contributed by atoms with van der Waals surface area (Å²) in [5, 5.41) is 18.4. The first-order valence-electron chi connectivity index (χ1n) is 5.83. The molecule has 0 aliphatic heterocycles. The molecule has 1 aromatic carbocycles. The number of carboxylic acids is 1. The number of rotatable bonds is 3. The summed E-state index contributed by atoms with van der Waals surface area (Å²) in [6.07, 6.45) is 2.31. The van der Waals surface area contributed by atoms with Crippen molar-refractivity contribution in [2.45, 2.75) is 13.0 Å². The fourth-order valence-electron chi connectivity index (χ4n) is 1.87. The highest BCUT2D eigenvalue weighted by Gasteiger charge is 2.16. The van der Waals surface area contributed by atoms with Gasteiger partial charge in [0.2, 0.25) is 5.43 Å². The van der Waals surface area contributed by atoms with Gasteiger partial charge in [0.15, 0.2) is 5.75 Å². The first kappa shape index (κ1) is 13.8. The largest absolute Gasteiger partial charge is 0.503 e. The Morgan fingerprint density at radius 2 is 1.85 bits per heavy atom. The molecular weight excluding hydrogens is 265 g/mol. The standard InChI is InChI=1S/C14H12FNO4/c1-8(9-2-4-10(15)5-3-9)16-6-11(14(19)20)13(18)12(17)7-16/h2-8,17H,1H3,(H,19,20). The van der Waals surface area contributed by atoms with Crippen LogP contribution in [0, 0.1) is 5.82 Å². The molecule has 0 amide bonds. The van der Waals surface area contributed by atoms with Crippen LogP contribution in [-0.4, -0.2) is 20.7 Å². The Kier molecular flexibility index (Phi) is 3.56. The van der Waals surface area contributed by atoms with Gasteiger partial charge in [0.05, 0.1) is 12.2 Å². The number of aromatic nitrogens is 1. The Bertz CT molecular complexity index is 706. The molecule has 0 saturated carbocycles. The molecule has 0 aliphatic rings. The van der Waals surface area contributed by atoms with E-state index < -0.39 is 22.7 Å². The van der Waals surface area contributed by atoms with Crippen molar-refractivity contribution in [3.05, 3.63) is 63.8 Å². The van der Waals surface area contributed by atoms with Gasteiger partial charge >= 0.3 is 5.97 Å². The molecule has 2 N–H and O–H groups in total. The van der Waals surface area contributed by atoms with E-state index in [1.807, 2.05) is 0 Å². The SMILES string of the molecule is CC(c1ccc(F)cc1)n1cc(O)c(=O)c(C(=O)O)c1. The van der Waals surface area contributed by atoms with Crippen LogP contribution in [0.2, 0.25) is 0 Å². The Morgan fingerprint density at radius 1 is 1.25 bits per heavy atom. The summed E-state index contributed by atoms with van der Waals surface area (Å²) in [4.78, 5) is 22.4. The third-order valence-electron chi connectivity index (χ3n) is 3.06. The molecule has 0 bridgehead atoms. The van der Waals surface area contributed by atoms with Gasteiger partial charge in [0.1, 0.15) is 11.4 Å². The fraction of sp³-hybridized carbons (Fsp3) is 0.143. The first-order chi connectivity index (χ1) is 9.40. The normalized spacial score (nSPS) is 12.1. The summed E-state index contributed by atoms with van der Waals surface area (Å²) in [7, 11) is 0. The number of pyridine rings is 1. The van der Waals surface area contributed by atoms with Crippen molar-refractivity contribution in [3.63, 3.8) is 0 Å². The van der Waals surface area contributed by atoms with Crippen LogP contribution in [-0.2, 0) is 0 Å². The number of hydrogen-bond acceptors (Lipinski definition) is 3. The molecule has 6 heteroatoms. The van der Waals surface area contributed by atoms with E-state index in [4.69, 9.17) is 5.11 Å².